The first-order chi connectivity index (χ1) is 8.81. The van der Waals surface area contributed by atoms with E-state index in [0.29, 0.717) is 13.2 Å². The van der Waals surface area contributed by atoms with Crippen molar-refractivity contribution >= 4 is 15.9 Å². The maximum atomic E-state index is 5.72. The average molecular weight is 317 g/mol. The van der Waals surface area contributed by atoms with Gasteiger partial charge < -0.3 is 14.2 Å². The largest absolute Gasteiger partial charge is 0.490 e. The fourth-order valence-corrected chi connectivity index (χ4v) is 1.86. The van der Waals surface area contributed by atoms with E-state index in [1.165, 1.54) is 5.56 Å². The standard InChI is InChI=1S/C14H21BrO3/c1-3-16-8-5-9-18-13-7-6-12(11-15)10-14(13)17-4-2/h6-7,10H,3-5,8-9,11H2,1-2H3. The van der Waals surface area contributed by atoms with Gasteiger partial charge in [-0.05, 0) is 31.5 Å². The Hall–Kier alpha value is -0.740. The van der Waals surface area contributed by atoms with Crippen LogP contribution in [0.5, 0.6) is 11.5 Å². The van der Waals surface area contributed by atoms with E-state index in [1.54, 1.807) is 0 Å². The first kappa shape index (κ1) is 15.3. The molecule has 0 atom stereocenters. The molecule has 0 aliphatic rings. The van der Waals surface area contributed by atoms with Crippen LogP contribution in [-0.4, -0.2) is 26.4 Å². The molecule has 0 saturated heterocycles. The predicted octanol–water partition coefficient (Wildman–Crippen LogP) is 3.79. The van der Waals surface area contributed by atoms with Gasteiger partial charge in [-0.15, -0.1) is 0 Å². The first-order valence-corrected chi connectivity index (χ1v) is 7.46. The Bertz CT molecular complexity index is 342. The predicted molar refractivity (Wildman–Crippen MR) is 76.8 cm³/mol. The lowest BCUT2D eigenvalue weighted by molar-refractivity contribution is 0.130. The van der Waals surface area contributed by atoms with E-state index in [4.69, 9.17) is 14.2 Å². The number of rotatable bonds is 9. The maximum absolute atomic E-state index is 5.72. The summed E-state index contributed by atoms with van der Waals surface area (Å²) in [5.74, 6) is 1.61. The Kier molecular flexibility index (Phi) is 7.85. The molecule has 0 bridgehead atoms. The second-order valence-electron chi connectivity index (χ2n) is 3.75. The van der Waals surface area contributed by atoms with E-state index in [0.717, 1.165) is 36.5 Å². The van der Waals surface area contributed by atoms with Crippen LogP contribution in [0.4, 0.5) is 0 Å². The molecule has 0 unspecified atom stereocenters. The Balaban J connectivity index is 2.52. The van der Waals surface area contributed by atoms with Crippen molar-refractivity contribution in [3.05, 3.63) is 23.8 Å². The van der Waals surface area contributed by atoms with Gasteiger partial charge >= 0.3 is 0 Å². The molecule has 0 amide bonds. The summed E-state index contributed by atoms with van der Waals surface area (Å²) in [6, 6.07) is 6.01. The van der Waals surface area contributed by atoms with Crippen LogP contribution in [0.1, 0.15) is 25.8 Å². The van der Waals surface area contributed by atoms with Crippen LogP contribution in [0.25, 0.3) is 0 Å². The molecule has 0 spiro atoms. The summed E-state index contributed by atoms with van der Waals surface area (Å²) in [5, 5.41) is 0.817. The van der Waals surface area contributed by atoms with E-state index >= 15 is 0 Å². The van der Waals surface area contributed by atoms with E-state index in [-0.39, 0.29) is 0 Å². The summed E-state index contributed by atoms with van der Waals surface area (Å²) in [6.07, 6.45) is 0.888. The van der Waals surface area contributed by atoms with E-state index < -0.39 is 0 Å². The minimum absolute atomic E-state index is 0.640. The summed E-state index contributed by atoms with van der Waals surface area (Å²) in [4.78, 5) is 0. The number of hydrogen-bond donors (Lipinski definition) is 0. The quantitative estimate of drug-likeness (QED) is 0.512. The summed E-state index contributed by atoms with van der Waals surface area (Å²) in [5.41, 5.74) is 1.18. The molecule has 1 aromatic rings. The maximum Gasteiger partial charge on any atom is 0.161 e. The highest BCUT2D eigenvalue weighted by Gasteiger charge is 2.06. The van der Waals surface area contributed by atoms with Gasteiger partial charge in [-0.3, -0.25) is 0 Å². The van der Waals surface area contributed by atoms with E-state index in [2.05, 4.69) is 15.9 Å². The second kappa shape index (κ2) is 9.22. The number of benzene rings is 1. The van der Waals surface area contributed by atoms with Crippen LogP contribution in [-0.2, 0) is 10.1 Å². The zero-order chi connectivity index (χ0) is 13.2. The van der Waals surface area contributed by atoms with Gasteiger partial charge in [0.15, 0.2) is 11.5 Å². The van der Waals surface area contributed by atoms with Crippen molar-refractivity contribution in [3.63, 3.8) is 0 Å². The summed E-state index contributed by atoms with van der Waals surface area (Å²) in [7, 11) is 0. The fraction of sp³-hybridized carbons (Fsp3) is 0.571. The van der Waals surface area contributed by atoms with Gasteiger partial charge in [0, 0.05) is 25.0 Å². The highest BCUT2D eigenvalue weighted by Crippen LogP contribution is 2.29. The van der Waals surface area contributed by atoms with E-state index in [9.17, 15) is 0 Å². The Morgan fingerprint density at radius 3 is 2.50 bits per heavy atom. The van der Waals surface area contributed by atoms with Crippen molar-refractivity contribution in [2.45, 2.75) is 25.6 Å². The lowest BCUT2D eigenvalue weighted by Gasteiger charge is -2.12. The van der Waals surface area contributed by atoms with Crippen molar-refractivity contribution in [1.82, 2.24) is 0 Å². The molecule has 0 N–H and O–H groups in total. The van der Waals surface area contributed by atoms with Gasteiger partial charge in [0.2, 0.25) is 0 Å². The molecule has 0 heterocycles. The van der Waals surface area contributed by atoms with Gasteiger partial charge in [0.05, 0.1) is 13.2 Å². The van der Waals surface area contributed by atoms with Crippen LogP contribution >= 0.6 is 15.9 Å². The summed E-state index contributed by atoms with van der Waals surface area (Å²) in [6.45, 7) is 6.74. The van der Waals surface area contributed by atoms with Crippen molar-refractivity contribution < 1.29 is 14.2 Å². The Morgan fingerprint density at radius 1 is 1.00 bits per heavy atom. The minimum Gasteiger partial charge on any atom is -0.490 e. The van der Waals surface area contributed by atoms with Gasteiger partial charge in [0.25, 0.3) is 0 Å². The lowest BCUT2D eigenvalue weighted by atomic mass is 10.2. The normalized spacial score (nSPS) is 10.4. The van der Waals surface area contributed by atoms with Gasteiger partial charge in [-0.25, -0.2) is 0 Å². The molecule has 0 aliphatic carbocycles. The average Bonchev–Trinajstić information content (AvgIpc) is 2.40. The zero-order valence-electron chi connectivity index (χ0n) is 11.1. The lowest BCUT2D eigenvalue weighted by Crippen LogP contribution is -2.04. The number of alkyl halides is 1. The van der Waals surface area contributed by atoms with Crippen LogP contribution in [0.2, 0.25) is 0 Å². The molecule has 0 fully saturated rings. The minimum atomic E-state index is 0.640. The molecule has 0 radical (unpaired) electrons. The molecule has 0 saturated carbocycles. The van der Waals surface area contributed by atoms with Gasteiger partial charge in [-0.1, -0.05) is 22.0 Å². The molecule has 1 aromatic carbocycles. The van der Waals surface area contributed by atoms with Crippen LogP contribution in [0, 0.1) is 0 Å². The smallest absolute Gasteiger partial charge is 0.161 e. The molecule has 18 heavy (non-hydrogen) atoms. The van der Waals surface area contributed by atoms with Crippen LogP contribution in [0.15, 0.2) is 18.2 Å². The highest BCUT2D eigenvalue weighted by molar-refractivity contribution is 9.08. The van der Waals surface area contributed by atoms with Crippen LogP contribution < -0.4 is 9.47 Å². The van der Waals surface area contributed by atoms with Gasteiger partial charge in [-0.2, -0.15) is 0 Å². The van der Waals surface area contributed by atoms with E-state index in [1.807, 2.05) is 32.0 Å². The zero-order valence-corrected chi connectivity index (χ0v) is 12.7. The van der Waals surface area contributed by atoms with Crippen molar-refractivity contribution in [2.75, 3.05) is 26.4 Å². The third kappa shape index (κ3) is 5.27. The molecule has 0 aromatic heterocycles. The Labute approximate surface area is 118 Å². The van der Waals surface area contributed by atoms with Crippen molar-refractivity contribution in [1.29, 1.82) is 0 Å². The fourth-order valence-electron chi connectivity index (χ4n) is 1.51. The highest BCUT2D eigenvalue weighted by atomic mass is 79.9. The number of hydrogen-bond acceptors (Lipinski definition) is 3. The third-order valence-corrected chi connectivity index (χ3v) is 3.00. The Morgan fingerprint density at radius 2 is 1.83 bits per heavy atom. The SMILES string of the molecule is CCOCCCOc1ccc(CBr)cc1OCC. The van der Waals surface area contributed by atoms with Crippen LogP contribution in [0.3, 0.4) is 0 Å². The molecule has 0 aliphatic heterocycles. The van der Waals surface area contributed by atoms with Gasteiger partial charge in [0.1, 0.15) is 0 Å². The van der Waals surface area contributed by atoms with Crippen molar-refractivity contribution in [3.8, 4) is 11.5 Å². The molecule has 102 valence electrons. The number of ether oxygens (including phenoxy) is 3. The third-order valence-electron chi connectivity index (χ3n) is 2.36. The number of halogens is 1. The monoisotopic (exact) mass is 316 g/mol. The molecule has 1 rings (SSSR count). The molecule has 4 heteroatoms. The topological polar surface area (TPSA) is 27.7 Å². The molecule has 3 nitrogen and oxygen atoms in total. The summed E-state index contributed by atoms with van der Waals surface area (Å²) >= 11 is 3.44. The summed E-state index contributed by atoms with van der Waals surface area (Å²) < 4.78 is 16.6. The first-order valence-electron chi connectivity index (χ1n) is 6.34. The molecular weight excluding hydrogens is 296 g/mol. The molecular formula is C14H21BrO3. The second-order valence-corrected chi connectivity index (χ2v) is 4.31. The van der Waals surface area contributed by atoms with Crippen molar-refractivity contribution in [2.24, 2.45) is 0 Å².